The third kappa shape index (κ3) is 5.64. The van der Waals surface area contributed by atoms with Crippen LogP contribution in [-0.4, -0.2) is 38.8 Å². The topological polar surface area (TPSA) is 49.7 Å². The van der Waals surface area contributed by atoms with Crippen LogP contribution in [0.5, 0.6) is 5.75 Å². The SMILES string of the molecule is C/C=C/[Si](C)(C)CC1C(O[Si](C)(C)C(C)(C)C)CC(O)C1c1cccc(Br)c1O. The van der Waals surface area contributed by atoms with E-state index in [9.17, 15) is 10.2 Å². The zero-order chi connectivity index (χ0) is 22.2. The van der Waals surface area contributed by atoms with E-state index in [1.54, 1.807) is 0 Å². The molecule has 0 radical (unpaired) electrons. The van der Waals surface area contributed by atoms with Crippen LogP contribution in [-0.2, 0) is 4.43 Å². The Kier molecular flexibility index (Phi) is 7.71. The van der Waals surface area contributed by atoms with Crippen molar-refractivity contribution < 1.29 is 14.6 Å². The maximum Gasteiger partial charge on any atom is 0.192 e. The van der Waals surface area contributed by atoms with Crippen LogP contribution in [0.15, 0.2) is 34.4 Å². The fourth-order valence-electron chi connectivity index (χ4n) is 4.39. The highest BCUT2D eigenvalue weighted by molar-refractivity contribution is 9.10. The molecule has 4 atom stereocenters. The molecule has 1 aliphatic rings. The summed E-state index contributed by atoms with van der Waals surface area (Å²) in [5.41, 5.74) is 3.21. The molecule has 1 aromatic rings. The van der Waals surface area contributed by atoms with Gasteiger partial charge in [0.1, 0.15) is 5.75 Å². The Morgan fingerprint density at radius 1 is 1.21 bits per heavy atom. The van der Waals surface area contributed by atoms with Gasteiger partial charge in [-0.05, 0) is 65.4 Å². The van der Waals surface area contributed by atoms with Crippen molar-refractivity contribution in [2.45, 2.75) is 89.5 Å². The Labute approximate surface area is 187 Å². The van der Waals surface area contributed by atoms with E-state index in [4.69, 9.17) is 4.43 Å². The van der Waals surface area contributed by atoms with E-state index < -0.39 is 22.5 Å². The van der Waals surface area contributed by atoms with Crippen LogP contribution >= 0.6 is 15.9 Å². The van der Waals surface area contributed by atoms with Crippen molar-refractivity contribution in [1.82, 2.24) is 0 Å². The first-order chi connectivity index (χ1) is 13.2. The lowest BCUT2D eigenvalue weighted by molar-refractivity contribution is 0.129. The molecular formula is C23H39BrO3Si2. The van der Waals surface area contributed by atoms with Crippen molar-refractivity contribution in [2.75, 3.05) is 0 Å². The standard InChI is InChI=1S/C23H39BrO3Si2/c1-9-13-28(5,6)15-17-20(27-29(7,8)23(2,3)4)14-19(25)21(17)16-11-10-12-18(24)22(16)26/h9-13,17,19-21,25-26H,14-15H2,1-8H3/b13-9+. The van der Waals surface area contributed by atoms with E-state index in [0.29, 0.717) is 10.9 Å². The minimum absolute atomic E-state index is 0.0197. The summed E-state index contributed by atoms with van der Waals surface area (Å²) in [6.07, 6.45) is 2.30. The van der Waals surface area contributed by atoms with Gasteiger partial charge in [0, 0.05) is 11.5 Å². The molecule has 0 aromatic heterocycles. The van der Waals surface area contributed by atoms with E-state index in [1.165, 1.54) is 0 Å². The number of aliphatic hydroxyl groups is 1. The summed E-state index contributed by atoms with van der Waals surface area (Å²) < 4.78 is 7.56. The first kappa shape index (κ1) is 24.9. The van der Waals surface area contributed by atoms with E-state index in [2.05, 4.69) is 81.6 Å². The van der Waals surface area contributed by atoms with Crippen LogP contribution in [0.25, 0.3) is 0 Å². The molecule has 0 bridgehead atoms. The number of rotatable bonds is 6. The largest absolute Gasteiger partial charge is 0.506 e. The van der Waals surface area contributed by atoms with E-state index in [0.717, 1.165) is 11.6 Å². The van der Waals surface area contributed by atoms with Gasteiger partial charge in [-0.2, -0.15) is 0 Å². The molecule has 0 heterocycles. The van der Waals surface area contributed by atoms with Gasteiger partial charge in [-0.15, -0.1) is 0 Å². The summed E-state index contributed by atoms with van der Waals surface area (Å²) in [4.78, 5) is 0. The van der Waals surface area contributed by atoms with Crippen molar-refractivity contribution in [1.29, 1.82) is 0 Å². The maximum absolute atomic E-state index is 11.1. The first-order valence-electron chi connectivity index (χ1n) is 10.7. The predicted octanol–water partition coefficient (Wildman–Crippen LogP) is 6.83. The van der Waals surface area contributed by atoms with E-state index in [1.807, 2.05) is 18.2 Å². The molecule has 0 saturated heterocycles. The second kappa shape index (κ2) is 8.99. The van der Waals surface area contributed by atoms with Gasteiger partial charge in [0.25, 0.3) is 0 Å². The second-order valence-corrected chi connectivity index (χ2v) is 21.1. The highest BCUT2D eigenvalue weighted by atomic mass is 79.9. The van der Waals surface area contributed by atoms with Gasteiger partial charge in [0.05, 0.1) is 24.8 Å². The summed E-state index contributed by atoms with van der Waals surface area (Å²) in [5, 5.41) is 22.0. The number of para-hydroxylation sites is 1. The molecule has 6 heteroatoms. The van der Waals surface area contributed by atoms with Crippen molar-refractivity contribution in [3.63, 3.8) is 0 Å². The van der Waals surface area contributed by atoms with Gasteiger partial charge in [-0.1, -0.05) is 57.8 Å². The Morgan fingerprint density at radius 3 is 2.38 bits per heavy atom. The quantitative estimate of drug-likeness (QED) is 0.422. The zero-order valence-corrected chi connectivity index (χ0v) is 22.9. The minimum atomic E-state index is -1.98. The zero-order valence-electron chi connectivity index (χ0n) is 19.3. The van der Waals surface area contributed by atoms with Gasteiger partial charge in [-0.3, -0.25) is 0 Å². The third-order valence-corrected chi connectivity index (χ3v) is 14.7. The van der Waals surface area contributed by atoms with Gasteiger partial charge >= 0.3 is 0 Å². The Balaban J connectivity index is 2.48. The molecule has 4 unspecified atom stereocenters. The van der Waals surface area contributed by atoms with Gasteiger partial charge in [-0.25, -0.2) is 0 Å². The van der Waals surface area contributed by atoms with Crippen LogP contribution in [0.4, 0.5) is 0 Å². The van der Waals surface area contributed by atoms with Crippen LogP contribution in [0.1, 0.15) is 45.6 Å². The van der Waals surface area contributed by atoms with Crippen LogP contribution in [0.3, 0.4) is 0 Å². The number of phenolic OH excluding ortho intramolecular Hbond substituents is 1. The van der Waals surface area contributed by atoms with E-state index in [-0.39, 0.29) is 28.7 Å². The number of allylic oxidation sites excluding steroid dienone is 1. The molecule has 2 N–H and O–H groups in total. The molecule has 29 heavy (non-hydrogen) atoms. The van der Waals surface area contributed by atoms with E-state index >= 15 is 0 Å². The summed E-state index contributed by atoms with van der Waals surface area (Å²) in [7, 11) is -3.59. The fraction of sp³-hybridized carbons (Fsp3) is 0.652. The molecule has 0 amide bonds. The number of halogens is 1. The molecule has 1 aromatic carbocycles. The summed E-state index contributed by atoms with van der Waals surface area (Å²) in [5.74, 6) is 0.330. The Morgan fingerprint density at radius 2 is 1.83 bits per heavy atom. The molecule has 1 aliphatic carbocycles. The lowest BCUT2D eigenvalue weighted by Gasteiger charge is -2.41. The number of benzene rings is 1. The number of aliphatic hydroxyl groups excluding tert-OH is 1. The smallest absolute Gasteiger partial charge is 0.192 e. The monoisotopic (exact) mass is 498 g/mol. The van der Waals surface area contributed by atoms with Crippen molar-refractivity contribution in [3.8, 4) is 5.75 Å². The van der Waals surface area contributed by atoms with Crippen molar-refractivity contribution in [3.05, 3.63) is 40.0 Å². The Bertz CT molecular complexity index is 740. The Hall–Kier alpha value is -0.406. The van der Waals surface area contributed by atoms with Crippen LogP contribution in [0, 0.1) is 5.92 Å². The summed E-state index contributed by atoms with van der Waals surface area (Å²) in [6.45, 7) is 18.2. The lowest BCUT2D eigenvalue weighted by atomic mass is 9.87. The number of aromatic hydroxyl groups is 1. The van der Waals surface area contributed by atoms with Crippen LogP contribution < -0.4 is 0 Å². The van der Waals surface area contributed by atoms with Crippen LogP contribution in [0.2, 0.25) is 37.3 Å². The summed E-state index contributed by atoms with van der Waals surface area (Å²) >= 11 is 3.45. The third-order valence-electron chi connectivity index (χ3n) is 6.84. The highest BCUT2D eigenvalue weighted by Crippen LogP contribution is 2.51. The van der Waals surface area contributed by atoms with Crippen molar-refractivity contribution in [2.24, 2.45) is 5.92 Å². The number of phenols is 1. The molecule has 1 fully saturated rings. The van der Waals surface area contributed by atoms with Crippen molar-refractivity contribution >= 4 is 32.3 Å². The molecule has 1 saturated carbocycles. The first-order valence-corrected chi connectivity index (χ1v) is 17.7. The predicted molar refractivity (Wildman–Crippen MR) is 132 cm³/mol. The molecule has 0 aliphatic heterocycles. The number of hydrogen-bond donors (Lipinski definition) is 2. The molecular weight excluding hydrogens is 460 g/mol. The van der Waals surface area contributed by atoms with Gasteiger partial charge < -0.3 is 14.6 Å². The molecule has 164 valence electrons. The molecule has 2 rings (SSSR count). The molecule has 0 spiro atoms. The second-order valence-electron chi connectivity index (χ2n) is 10.8. The average molecular weight is 500 g/mol. The van der Waals surface area contributed by atoms with Gasteiger partial charge in [0.15, 0.2) is 8.32 Å². The fourth-order valence-corrected chi connectivity index (χ4v) is 8.92. The minimum Gasteiger partial charge on any atom is -0.506 e. The van der Waals surface area contributed by atoms with Gasteiger partial charge in [0.2, 0.25) is 0 Å². The average Bonchev–Trinajstić information content (AvgIpc) is 2.83. The highest BCUT2D eigenvalue weighted by Gasteiger charge is 2.50. The number of hydrogen-bond acceptors (Lipinski definition) is 3. The maximum atomic E-state index is 11.1. The summed E-state index contributed by atoms with van der Waals surface area (Å²) in [6, 6.07) is 6.78. The molecule has 3 nitrogen and oxygen atoms in total. The lowest BCUT2D eigenvalue weighted by Crippen LogP contribution is -2.46. The normalized spacial score (nSPS) is 26.4.